The van der Waals surface area contributed by atoms with Gasteiger partial charge in [0.15, 0.2) is 0 Å². The van der Waals surface area contributed by atoms with E-state index in [1.165, 1.54) is 0 Å². The van der Waals surface area contributed by atoms with Gasteiger partial charge in [-0.15, -0.1) is 11.3 Å². The molecule has 33 heavy (non-hydrogen) atoms. The number of carbonyl (C=O) groups is 2. The van der Waals surface area contributed by atoms with Gasteiger partial charge in [-0.05, 0) is 31.2 Å². The quantitative estimate of drug-likeness (QED) is 0.503. The lowest BCUT2D eigenvalue weighted by Crippen LogP contribution is -2.50. The van der Waals surface area contributed by atoms with E-state index in [2.05, 4.69) is 10.0 Å². The summed E-state index contributed by atoms with van der Waals surface area (Å²) in [6.45, 7) is 0. The number of halogens is 6. The van der Waals surface area contributed by atoms with Crippen molar-refractivity contribution in [2.24, 2.45) is 5.92 Å². The number of fused-ring (bicyclic) bond motifs is 1. The van der Waals surface area contributed by atoms with Crippen LogP contribution >= 0.6 is 11.3 Å². The molecule has 2 amide bonds. The Morgan fingerprint density at radius 1 is 1.12 bits per heavy atom. The summed E-state index contributed by atoms with van der Waals surface area (Å²) in [7, 11) is -4.46. The lowest BCUT2D eigenvalue weighted by molar-refractivity contribution is -0.174. The second-order valence-electron chi connectivity index (χ2n) is 8.50. The van der Waals surface area contributed by atoms with Gasteiger partial charge in [0.2, 0.25) is 15.9 Å². The number of aryl methyl sites for hydroxylation is 1. The highest BCUT2D eigenvalue weighted by Crippen LogP contribution is 2.44. The molecule has 3 aliphatic rings. The predicted octanol–water partition coefficient (Wildman–Crippen LogP) is 2.66. The van der Waals surface area contributed by atoms with E-state index in [9.17, 15) is 44.3 Å². The fourth-order valence-electron chi connectivity index (χ4n) is 3.98. The van der Waals surface area contributed by atoms with Gasteiger partial charge in [-0.1, -0.05) is 0 Å². The summed E-state index contributed by atoms with van der Waals surface area (Å²) in [6.07, 6.45) is -7.95. The molecule has 2 saturated carbocycles. The molecule has 3 N–H and O–H groups in total. The summed E-state index contributed by atoms with van der Waals surface area (Å²) < 4.78 is 106. The Bertz CT molecular complexity index is 1080. The molecule has 3 atom stereocenters. The van der Waals surface area contributed by atoms with Gasteiger partial charge in [0.25, 0.3) is 5.92 Å². The van der Waals surface area contributed by atoms with Crippen molar-refractivity contribution in [3.63, 3.8) is 0 Å². The highest BCUT2D eigenvalue weighted by molar-refractivity contribution is 7.90. The van der Waals surface area contributed by atoms with Crippen molar-refractivity contribution >= 4 is 38.2 Å². The molecule has 0 unspecified atom stereocenters. The Balaban J connectivity index is 1.62. The Labute approximate surface area is 188 Å². The topological polar surface area (TPSA) is 104 Å². The molecule has 0 aliphatic heterocycles. The van der Waals surface area contributed by atoms with Crippen molar-refractivity contribution in [3.05, 3.63) is 10.4 Å². The van der Waals surface area contributed by atoms with Crippen LogP contribution in [0.4, 0.5) is 31.3 Å². The Morgan fingerprint density at radius 2 is 1.76 bits per heavy atom. The van der Waals surface area contributed by atoms with Crippen molar-refractivity contribution in [1.82, 2.24) is 10.0 Å². The van der Waals surface area contributed by atoms with Crippen LogP contribution in [0.25, 0.3) is 0 Å². The van der Waals surface area contributed by atoms with Crippen LogP contribution in [0.2, 0.25) is 0 Å². The van der Waals surface area contributed by atoms with Crippen LogP contribution in [0.5, 0.6) is 0 Å². The van der Waals surface area contributed by atoms with Gasteiger partial charge in [0.05, 0.1) is 5.92 Å². The molecular formula is C18H19F6N3O4S2. The summed E-state index contributed by atoms with van der Waals surface area (Å²) >= 11 is 0.886. The Kier molecular flexibility index (Phi) is 5.97. The van der Waals surface area contributed by atoms with Gasteiger partial charge in [0, 0.05) is 29.8 Å². The van der Waals surface area contributed by atoms with Crippen molar-refractivity contribution in [2.45, 2.75) is 73.8 Å². The molecule has 0 saturated heterocycles. The highest BCUT2D eigenvalue weighted by atomic mass is 32.2. The number of hydrogen-bond donors (Lipinski definition) is 3. The average molecular weight is 519 g/mol. The molecule has 15 heteroatoms. The molecule has 1 aromatic heterocycles. The maximum Gasteiger partial charge on any atom is 0.471 e. The van der Waals surface area contributed by atoms with Gasteiger partial charge in [-0.25, -0.2) is 26.3 Å². The SMILES string of the molecule is O=C(Nc1sc2c(c1S(=O)(=O)NC1CC(F)(F)C1)C[C@@H](NC(=O)C(F)(F)F)CC2)[C@H]1C[C@@H]1F. The largest absolute Gasteiger partial charge is 0.471 e. The maximum atomic E-state index is 13.3. The summed E-state index contributed by atoms with van der Waals surface area (Å²) in [5.74, 6) is -6.85. The summed E-state index contributed by atoms with van der Waals surface area (Å²) in [5, 5.41) is 4.05. The third-order valence-corrected chi connectivity index (χ3v) is 8.74. The van der Waals surface area contributed by atoms with E-state index in [1.807, 2.05) is 5.32 Å². The van der Waals surface area contributed by atoms with E-state index < -0.39 is 75.8 Å². The van der Waals surface area contributed by atoms with Gasteiger partial charge < -0.3 is 10.6 Å². The molecule has 0 radical (unpaired) electrons. The molecule has 0 aromatic carbocycles. The highest BCUT2D eigenvalue weighted by Gasteiger charge is 2.48. The van der Waals surface area contributed by atoms with Gasteiger partial charge in [0.1, 0.15) is 16.1 Å². The fraction of sp³-hybridized carbons (Fsp3) is 0.667. The first-order valence-corrected chi connectivity index (χ1v) is 12.3. The zero-order valence-corrected chi connectivity index (χ0v) is 18.4. The van der Waals surface area contributed by atoms with Crippen molar-refractivity contribution in [1.29, 1.82) is 0 Å². The minimum Gasteiger partial charge on any atom is -0.345 e. The van der Waals surface area contributed by atoms with Crippen molar-refractivity contribution < 1.29 is 44.3 Å². The number of rotatable bonds is 6. The predicted molar refractivity (Wildman–Crippen MR) is 104 cm³/mol. The molecule has 0 spiro atoms. The molecule has 0 bridgehead atoms. The zero-order chi connectivity index (χ0) is 24.3. The minimum absolute atomic E-state index is 0.0139. The van der Waals surface area contributed by atoms with E-state index >= 15 is 0 Å². The first kappa shape index (κ1) is 24.3. The second-order valence-corrected chi connectivity index (χ2v) is 11.3. The molecule has 7 nitrogen and oxygen atoms in total. The lowest BCUT2D eigenvalue weighted by atomic mass is 9.89. The molecule has 2 fully saturated rings. The number of amides is 2. The van der Waals surface area contributed by atoms with Crippen molar-refractivity contribution in [3.8, 4) is 0 Å². The van der Waals surface area contributed by atoms with Gasteiger partial charge in [-0.2, -0.15) is 13.2 Å². The Morgan fingerprint density at radius 3 is 2.30 bits per heavy atom. The molecule has 1 aromatic rings. The second kappa shape index (κ2) is 8.12. The van der Waals surface area contributed by atoms with Crippen LogP contribution in [-0.4, -0.2) is 50.6 Å². The number of nitrogens with one attached hydrogen (secondary N) is 3. The van der Waals surface area contributed by atoms with Crippen LogP contribution in [-0.2, 0) is 32.5 Å². The summed E-state index contributed by atoms with van der Waals surface area (Å²) in [4.78, 5) is 23.6. The van der Waals surface area contributed by atoms with Crippen LogP contribution in [0, 0.1) is 5.92 Å². The maximum absolute atomic E-state index is 13.3. The summed E-state index contributed by atoms with van der Waals surface area (Å²) in [6, 6.07) is -2.07. The van der Waals surface area contributed by atoms with Crippen LogP contribution < -0.4 is 15.4 Å². The van der Waals surface area contributed by atoms with E-state index in [1.54, 1.807) is 0 Å². The lowest BCUT2D eigenvalue weighted by Gasteiger charge is -2.35. The standard InChI is InChI=1S/C18H19F6N3O4S2/c19-11-4-9(11)14(28)26-15-13(33(30,31)27-8-5-17(20,21)6-8)10-3-7(1-2-12(10)32-15)25-16(29)18(22,23)24/h7-9,11,27H,1-6H2,(H,25,29)(H,26,28)/t7-,9-,11-/m0/s1. The van der Waals surface area contributed by atoms with Crippen LogP contribution in [0.3, 0.4) is 0 Å². The molecule has 1 heterocycles. The smallest absolute Gasteiger partial charge is 0.345 e. The van der Waals surface area contributed by atoms with E-state index in [-0.39, 0.29) is 36.2 Å². The normalized spacial score (nSPS) is 26.8. The van der Waals surface area contributed by atoms with Gasteiger partial charge in [-0.3, -0.25) is 9.59 Å². The first-order chi connectivity index (χ1) is 15.2. The number of hydrogen-bond acceptors (Lipinski definition) is 5. The summed E-state index contributed by atoms with van der Waals surface area (Å²) in [5.41, 5.74) is 0.0974. The number of anilines is 1. The Hall–Kier alpha value is -1.87. The van der Waals surface area contributed by atoms with Crippen molar-refractivity contribution in [2.75, 3.05) is 5.32 Å². The molecular weight excluding hydrogens is 500 g/mol. The molecule has 4 rings (SSSR count). The number of sulfonamides is 1. The van der Waals surface area contributed by atoms with E-state index in [0.717, 1.165) is 11.3 Å². The molecule has 3 aliphatic carbocycles. The monoisotopic (exact) mass is 519 g/mol. The first-order valence-electron chi connectivity index (χ1n) is 10.0. The van der Waals surface area contributed by atoms with Crippen LogP contribution in [0.1, 0.15) is 36.1 Å². The number of carbonyl (C=O) groups excluding carboxylic acids is 2. The van der Waals surface area contributed by atoms with Gasteiger partial charge >= 0.3 is 12.1 Å². The zero-order valence-electron chi connectivity index (χ0n) is 16.8. The third kappa shape index (κ3) is 5.14. The molecule has 184 valence electrons. The van der Waals surface area contributed by atoms with E-state index in [0.29, 0.717) is 4.88 Å². The third-order valence-electron chi connectivity index (χ3n) is 5.77. The number of thiophene rings is 1. The minimum atomic E-state index is -5.12. The van der Waals surface area contributed by atoms with Crippen LogP contribution in [0.15, 0.2) is 4.90 Å². The average Bonchev–Trinajstić information content (AvgIpc) is 3.26. The number of alkyl halides is 6. The fourth-order valence-corrected chi connectivity index (χ4v) is 7.19. The van der Waals surface area contributed by atoms with E-state index in [4.69, 9.17) is 0 Å².